The number of nitrogens with two attached hydrogens (primary N) is 2. The van der Waals surface area contributed by atoms with E-state index in [1.54, 1.807) is 0 Å². The lowest BCUT2D eigenvalue weighted by Gasteiger charge is -2.06. The fourth-order valence-corrected chi connectivity index (χ4v) is 0.935. The van der Waals surface area contributed by atoms with Crippen LogP contribution >= 0.6 is 0 Å². The summed E-state index contributed by atoms with van der Waals surface area (Å²) in [5, 5.41) is 10.2. The van der Waals surface area contributed by atoms with Gasteiger partial charge in [0.1, 0.15) is 6.54 Å². The summed E-state index contributed by atoms with van der Waals surface area (Å²) in [5.74, 6) is -1.66. The fourth-order valence-electron chi connectivity index (χ4n) is 0.935. The van der Waals surface area contributed by atoms with Crippen LogP contribution in [0.1, 0.15) is 5.56 Å². The molecule has 6 N–H and O–H groups in total. The molecule has 0 aliphatic carbocycles. The standard InChI is InChI=1S/C7H8.C5H11N3O3/c1-7-5-3-2-4-6-7;6-1-3(7)5(11)8-2-4(9)10/h2-6H,1H3;3H,1-2,6-7H2,(H,8,11)(H,9,10). The van der Waals surface area contributed by atoms with Gasteiger partial charge < -0.3 is 21.9 Å². The lowest BCUT2D eigenvalue weighted by atomic mass is 10.2. The normalized spacial score (nSPS) is 10.8. The van der Waals surface area contributed by atoms with Crippen molar-refractivity contribution >= 4 is 11.9 Å². The maximum Gasteiger partial charge on any atom is 0.322 e. The first-order valence-electron chi connectivity index (χ1n) is 5.44. The number of hydrogen-bond acceptors (Lipinski definition) is 4. The Morgan fingerprint density at radius 3 is 2.22 bits per heavy atom. The molecular weight excluding hydrogens is 234 g/mol. The highest BCUT2D eigenvalue weighted by Crippen LogP contribution is 1.92. The third kappa shape index (κ3) is 8.26. The first kappa shape index (κ1) is 16.1. The zero-order valence-electron chi connectivity index (χ0n) is 10.3. The number of carbonyl (C=O) groups is 2. The van der Waals surface area contributed by atoms with E-state index in [0.29, 0.717) is 0 Å². The van der Waals surface area contributed by atoms with Gasteiger partial charge in [-0.15, -0.1) is 0 Å². The minimum absolute atomic E-state index is 0.00541. The van der Waals surface area contributed by atoms with Crippen molar-refractivity contribution in [2.75, 3.05) is 13.1 Å². The number of aryl methyl sites for hydroxylation is 1. The molecule has 1 aromatic rings. The summed E-state index contributed by atoms with van der Waals surface area (Å²) in [5.41, 5.74) is 11.5. The number of carboxylic acid groups (broad SMARTS) is 1. The lowest BCUT2D eigenvalue weighted by Crippen LogP contribution is -2.46. The van der Waals surface area contributed by atoms with Crippen LogP contribution in [0.15, 0.2) is 30.3 Å². The molecule has 0 saturated carbocycles. The molecule has 6 nitrogen and oxygen atoms in total. The first-order chi connectivity index (χ1) is 8.47. The molecule has 0 aliphatic rings. The van der Waals surface area contributed by atoms with Crippen molar-refractivity contribution in [2.24, 2.45) is 11.5 Å². The summed E-state index contributed by atoms with van der Waals surface area (Å²) in [7, 11) is 0. The number of nitrogens with one attached hydrogen (secondary N) is 1. The van der Waals surface area contributed by atoms with Crippen LogP contribution in [-0.4, -0.2) is 36.1 Å². The van der Waals surface area contributed by atoms with Gasteiger partial charge in [0.05, 0.1) is 6.04 Å². The number of benzene rings is 1. The molecule has 18 heavy (non-hydrogen) atoms. The summed E-state index contributed by atoms with van der Waals surface area (Å²) >= 11 is 0. The highest BCUT2D eigenvalue weighted by Gasteiger charge is 2.10. The zero-order valence-corrected chi connectivity index (χ0v) is 10.3. The van der Waals surface area contributed by atoms with Crippen molar-refractivity contribution in [3.8, 4) is 0 Å². The molecule has 100 valence electrons. The van der Waals surface area contributed by atoms with Gasteiger partial charge in [0.15, 0.2) is 0 Å². The highest BCUT2D eigenvalue weighted by molar-refractivity contribution is 5.85. The zero-order chi connectivity index (χ0) is 14.0. The van der Waals surface area contributed by atoms with Gasteiger partial charge >= 0.3 is 5.97 Å². The number of hydrogen-bond donors (Lipinski definition) is 4. The van der Waals surface area contributed by atoms with E-state index in [-0.39, 0.29) is 6.54 Å². The molecule has 0 fully saturated rings. The van der Waals surface area contributed by atoms with E-state index < -0.39 is 24.5 Å². The molecule has 0 bridgehead atoms. The molecule has 0 saturated heterocycles. The smallest absolute Gasteiger partial charge is 0.322 e. The van der Waals surface area contributed by atoms with Crippen molar-refractivity contribution in [3.63, 3.8) is 0 Å². The van der Waals surface area contributed by atoms with E-state index in [9.17, 15) is 9.59 Å². The largest absolute Gasteiger partial charge is 0.480 e. The lowest BCUT2D eigenvalue weighted by molar-refractivity contribution is -0.138. The van der Waals surface area contributed by atoms with Crippen LogP contribution in [0.2, 0.25) is 0 Å². The molecule has 0 aliphatic heterocycles. The van der Waals surface area contributed by atoms with Gasteiger partial charge in [-0.05, 0) is 6.92 Å². The van der Waals surface area contributed by atoms with Crippen LogP contribution in [0.3, 0.4) is 0 Å². The molecule has 1 unspecified atom stereocenters. The van der Waals surface area contributed by atoms with Gasteiger partial charge in [-0.2, -0.15) is 0 Å². The highest BCUT2D eigenvalue weighted by atomic mass is 16.4. The van der Waals surface area contributed by atoms with Crippen molar-refractivity contribution in [1.82, 2.24) is 5.32 Å². The molecule has 1 atom stereocenters. The molecule has 1 aromatic carbocycles. The first-order valence-corrected chi connectivity index (χ1v) is 5.44. The van der Waals surface area contributed by atoms with Crippen molar-refractivity contribution in [1.29, 1.82) is 0 Å². The van der Waals surface area contributed by atoms with Crippen LogP contribution in [0, 0.1) is 6.92 Å². The number of amides is 1. The Labute approximate surface area is 106 Å². The van der Waals surface area contributed by atoms with E-state index in [1.807, 2.05) is 18.2 Å². The van der Waals surface area contributed by atoms with Gasteiger partial charge in [-0.3, -0.25) is 9.59 Å². The maximum absolute atomic E-state index is 10.7. The van der Waals surface area contributed by atoms with Gasteiger partial charge in [-0.1, -0.05) is 35.9 Å². The SMILES string of the molecule is Cc1ccccc1.NCC(N)C(=O)NCC(=O)O. The van der Waals surface area contributed by atoms with Gasteiger partial charge in [0.2, 0.25) is 5.91 Å². The Morgan fingerprint density at radius 2 is 1.89 bits per heavy atom. The Morgan fingerprint density at radius 1 is 1.33 bits per heavy atom. The summed E-state index contributed by atoms with van der Waals surface area (Å²) in [4.78, 5) is 20.6. The van der Waals surface area contributed by atoms with Crippen LogP contribution in [0.25, 0.3) is 0 Å². The predicted molar refractivity (Wildman–Crippen MR) is 68.9 cm³/mol. The quantitative estimate of drug-likeness (QED) is 0.575. The van der Waals surface area contributed by atoms with Crippen LogP contribution in [-0.2, 0) is 9.59 Å². The number of carbonyl (C=O) groups excluding carboxylic acids is 1. The summed E-state index contributed by atoms with van der Waals surface area (Å²) in [6.45, 7) is 1.66. The van der Waals surface area contributed by atoms with Crippen molar-refractivity contribution < 1.29 is 14.7 Å². The van der Waals surface area contributed by atoms with Gasteiger partial charge in [0, 0.05) is 6.54 Å². The van der Waals surface area contributed by atoms with Gasteiger partial charge in [0.25, 0.3) is 0 Å². The fraction of sp³-hybridized carbons (Fsp3) is 0.333. The number of rotatable bonds is 4. The molecule has 0 spiro atoms. The molecule has 0 radical (unpaired) electrons. The summed E-state index contributed by atoms with van der Waals surface area (Å²) in [6, 6.07) is 9.44. The average molecular weight is 253 g/mol. The third-order valence-electron chi connectivity index (χ3n) is 1.95. The van der Waals surface area contributed by atoms with E-state index in [0.717, 1.165) is 0 Å². The van der Waals surface area contributed by atoms with Crippen molar-refractivity contribution in [2.45, 2.75) is 13.0 Å². The molecule has 0 heterocycles. The minimum atomic E-state index is -1.11. The third-order valence-corrected chi connectivity index (χ3v) is 1.95. The van der Waals surface area contributed by atoms with Crippen LogP contribution < -0.4 is 16.8 Å². The minimum Gasteiger partial charge on any atom is -0.480 e. The monoisotopic (exact) mass is 253 g/mol. The van der Waals surface area contributed by atoms with E-state index in [4.69, 9.17) is 16.6 Å². The second-order valence-electron chi connectivity index (χ2n) is 3.61. The van der Waals surface area contributed by atoms with Crippen molar-refractivity contribution in [3.05, 3.63) is 35.9 Å². The molecule has 1 rings (SSSR count). The topological polar surface area (TPSA) is 118 Å². The Hall–Kier alpha value is -1.92. The second kappa shape index (κ2) is 9.15. The summed E-state index contributed by atoms with van der Waals surface area (Å²) in [6.07, 6.45) is 0. The second-order valence-corrected chi connectivity index (χ2v) is 3.61. The Balaban J connectivity index is 0.000000351. The Bertz CT molecular complexity index is 368. The van der Waals surface area contributed by atoms with E-state index in [2.05, 4.69) is 24.4 Å². The molecule has 0 aromatic heterocycles. The predicted octanol–water partition coefficient (Wildman–Crippen LogP) is -0.532. The van der Waals surface area contributed by atoms with E-state index >= 15 is 0 Å². The maximum atomic E-state index is 10.7. The number of aliphatic carboxylic acids is 1. The molecule has 1 amide bonds. The van der Waals surface area contributed by atoms with Crippen LogP contribution in [0.4, 0.5) is 0 Å². The Kier molecular flexibility index (Phi) is 8.17. The average Bonchev–Trinajstić information content (AvgIpc) is 2.36. The molecule has 6 heteroatoms. The number of carboxylic acids is 1. The van der Waals surface area contributed by atoms with Crippen LogP contribution in [0.5, 0.6) is 0 Å². The summed E-state index contributed by atoms with van der Waals surface area (Å²) < 4.78 is 0. The van der Waals surface area contributed by atoms with Gasteiger partial charge in [-0.25, -0.2) is 0 Å². The van der Waals surface area contributed by atoms with E-state index in [1.165, 1.54) is 5.56 Å². The molecular formula is C12H19N3O3.